The Morgan fingerprint density at radius 3 is 2.42 bits per heavy atom. The van der Waals surface area contributed by atoms with Crippen LogP contribution in [-0.2, 0) is 35.0 Å². The Kier molecular flexibility index (Phi) is 7.16. The number of carbonyl (C=O) groups is 2. The van der Waals surface area contributed by atoms with Crippen LogP contribution in [0.4, 0.5) is 0 Å². The molecule has 0 amide bonds. The van der Waals surface area contributed by atoms with Gasteiger partial charge in [0.05, 0.1) is 11.5 Å². The molecule has 0 saturated heterocycles. The lowest BCUT2D eigenvalue weighted by Crippen LogP contribution is -2.49. The molecule has 0 bridgehead atoms. The van der Waals surface area contributed by atoms with Crippen LogP contribution in [0.5, 0.6) is 5.75 Å². The number of esters is 2. The van der Waals surface area contributed by atoms with Crippen molar-refractivity contribution in [2.75, 3.05) is 6.61 Å². The summed E-state index contributed by atoms with van der Waals surface area (Å²) < 4.78 is 43.1. The van der Waals surface area contributed by atoms with Gasteiger partial charge in [-0.05, 0) is 98.1 Å². The quantitative estimate of drug-likeness (QED) is 0.277. The second-order valence-electron chi connectivity index (χ2n) is 11.5. The van der Waals surface area contributed by atoms with E-state index in [1.165, 1.54) is 19.4 Å². The van der Waals surface area contributed by atoms with Crippen LogP contribution in [0.2, 0.25) is 0 Å². The van der Waals surface area contributed by atoms with Crippen LogP contribution in [0.15, 0.2) is 47.4 Å². The van der Waals surface area contributed by atoms with Crippen LogP contribution < -0.4 is 4.74 Å². The Labute approximate surface area is 225 Å². The minimum absolute atomic E-state index is 0.0546. The minimum Gasteiger partial charge on any atom is -0.462 e. The van der Waals surface area contributed by atoms with Crippen LogP contribution >= 0.6 is 0 Å². The number of aryl methyl sites for hydroxylation is 1. The third kappa shape index (κ3) is 5.00. The highest BCUT2D eigenvalue weighted by Crippen LogP contribution is 2.63. The molecule has 2 saturated carbocycles. The number of carbonyl (C=O) groups excluding carboxylic acids is 2. The average molecular weight is 541 g/mol. The van der Waals surface area contributed by atoms with E-state index in [9.17, 15) is 18.0 Å². The Morgan fingerprint density at radius 1 is 1.00 bits per heavy atom. The smallest absolute Gasteiger partial charge is 0.308 e. The molecule has 0 aliphatic heterocycles. The summed E-state index contributed by atoms with van der Waals surface area (Å²) in [5.41, 5.74) is 3.13. The first-order valence-electron chi connectivity index (χ1n) is 13.4. The molecule has 0 unspecified atom stereocenters. The molecule has 0 aromatic heterocycles. The van der Waals surface area contributed by atoms with Gasteiger partial charge in [0, 0.05) is 19.3 Å². The van der Waals surface area contributed by atoms with E-state index in [1.807, 2.05) is 19.1 Å². The molecule has 2 aromatic rings. The number of hydrogen-bond acceptors (Lipinski definition) is 7. The third-order valence-electron chi connectivity index (χ3n) is 9.10. The Bertz CT molecular complexity index is 1330. The van der Waals surface area contributed by atoms with E-state index in [2.05, 4.69) is 13.0 Å². The van der Waals surface area contributed by atoms with Gasteiger partial charge < -0.3 is 9.47 Å². The Morgan fingerprint density at radius 2 is 1.74 bits per heavy atom. The van der Waals surface area contributed by atoms with Gasteiger partial charge in [-0.25, -0.2) is 0 Å². The molecule has 5 rings (SSSR count). The topological polar surface area (TPSA) is 96.0 Å². The Balaban J connectivity index is 1.47. The number of hydrogen-bond donors (Lipinski definition) is 0. The first kappa shape index (κ1) is 26.9. The molecule has 2 fully saturated rings. The summed E-state index contributed by atoms with van der Waals surface area (Å²) in [4.78, 5) is 23.6. The maximum Gasteiger partial charge on any atom is 0.308 e. The van der Waals surface area contributed by atoms with Gasteiger partial charge in [-0.3, -0.25) is 13.8 Å². The van der Waals surface area contributed by atoms with Gasteiger partial charge in [0.25, 0.3) is 10.1 Å². The second-order valence-corrected chi connectivity index (χ2v) is 13.1. The van der Waals surface area contributed by atoms with Crippen molar-refractivity contribution in [2.45, 2.75) is 76.7 Å². The number of fused-ring (bicyclic) bond motifs is 5. The fourth-order valence-electron chi connectivity index (χ4n) is 7.45. The largest absolute Gasteiger partial charge is 0.462 e. The predicted octanol–water partition coefficient (Wildman–Crippen LogP) is 5.34. The van der Waals surface area contributed by atoms with Crippen LogP contribution in [0.3, 0.4) is 0 Å². The zero-order valence-electron chi connectivity index (χ0n) is 22.4. The van der Waals surface area contributed by atoms with E-state index < -0.39 is 10.1 Å². The van der Waals surface area contributed by atoms with Crippen molar-refractivity contribution >= 4 is 22.1 Å². The highest BCUT2D eigenvalue weighted by Gasteiger charge is 2.58. The summed E-state index contributed by atoms with van der Waals surface area (Å²) in [6, 6.07) is 12.5. The van der Waals surface area contributed by atoms with Crippen molar-refractivity contribution in [3.63, 3.8) is 0 Å². The van der Waals surface area contributed by atoms with Gasteiger partial charge >= 0.3 is 11.9 Å². The van der Waals surface area contributed by atoms with Crippen molar-refractivity contribution in [1.82, 2.24) is 0 Å². The first-order valence-corrected chi connectivity index (χ1v) is 14.8. The van der Waals surface area contributed by atoms with Gasteiger partial charge in [0.15, 0.2) is 0 Å². The van der Waals surface area contributed by atoms with E-state index in [0.29, 0.717) is 12.2 Å². The van der Waals surface area contributed by atoms with Crippen LogP contribution in [0.1, 0.15) is 69.1 Å². The molecule has 0 radical (unpaired) electrons. The maximum atomic E-state index is 13.1. The minimum atomic E-state index is -3.92. The summed E-state index contributed by atoms with van der Waals surface area (Å²) in [6.45, 7) is 7.05. The molecule has 3 aliphatic carbocycles. The zero-order valence-corrected chi connectivity index (χ0v) is 23.3. The monoisotopic (exact) mass is 540 g/mol. The van der Waals surface area contributed by atoms with Crippen molar-refractivity contribution in [2.24, 2.45) is 23.2 Å². The number of rotatable bonds is 6. The van der Waals surface area contributed by atoms with Crippen molar-refractivity contribution < 1.29 is 31.7 Å². The highest BCUT2D eigenvalue weighted by atomic mass is 32.2. The molecule has 2 aromatic carbocycles. The summed E-state index contributed by atoms with van der Waals surface area (Å²) in [6.07, 6.45) is 4.08. The first-order chi connectivity index (χ1) is 18.0. The lowest BCUT2D eigenvalue weighted by Gasteiger charge is -2.53. The van der Waals surface area contributed by atoms with E-state index >= 15 is 0 Å². The van der Waals surface area contributed by atoms with Crippen molar-refractivity contribution in [3.05, 3.63) is 59.2 Å². The van der Waals surface area contributed by atoms with Crippen LogP contribution in [0, 0.1) is 30.1 Å². The molecule has 6 atom stereocenters. The summed E-state index contributed by atoms with van der Waals surface area (Å²) in [7, 11) is -3.92. The summed E-state index contributed by atoms with van der Waals surface area (Å²) in [5, 5.41) is 0. The van der Waals surface area contributed by atoms with Gasteiger partial charge in [0.2, 0.25) is 0 Å². The SMILES string of the molecule is CC(=O)Oc1ccc2c(c1)C[C@@H](COS(=O)(=O)c1ccc(C)cc1)[C@@H]1[C@@H]2CC[C@]2(C)[C@@H](OC(C)=O)CC[C@@H]12. The molecular formula is C30H36O7S. The fourth-order valence-corrected chi connectivity index (χ4v) is 8.41. The lowest BCUT2D eigenvalue weighted by molar-refractivity contribution is -0.155. The molecular weight excluding hydrogens is 504 g/mol. The van der Waals surface area contributed by atoms with Crippen LogP contribution in [0.25, 0.3) is 0 Å². The van der Waals surface area contributed by atoms with Gasteiger partial charge in [-0.2, -0.15) is 8.42 Å². The van der Waals surface area contributed by atoms with E-state index in [1.54, 1.807) is 24.3 Å². The normalized spacial score (nSPS) is 30.1. The summed E-state index contributed by atoms with van der Waals surface area (Å²) >= 11 is 0. The molecule has 0 spiro atoms. The van der Waals surface area contributed by atoms with Gasteiger partial charge in [-0.1, -0.05) is 30.7 Å². The molecule has 7 nitrogen and oxygen atoms in total. The maximum absolute atomic E-state index is 13.1. The lowest BCUT2D eigenvalue weighted by atomic mass is 9.52. The van der Waals surface area contributed by atoms with Gasteiger partial charge in [0.1, 0.15) is 11.9 Å². The van der Waals surface area contributed by atoms with E-state index in [4.69, 9.17) is 13.7 Å². The predicted molar refractivity (Wildman–Crippen MR) is 141 cm³/mol. The number of benzene rings is 2. The molecule has 3 aliphatic rings. The average Bonchev–Trinajstić information content (AvgIpc) is 3.17. The third-order valence-corrected chi connectivity index (χ3v) is 10.4. The van der Waals surface area contributed by atoms with Crippen molar-refractivity contribution in [3.8, 4) is 5.75 Å². The van der Waals surface area contributed by atoms with E-state index in [0.717, 1.165) is 36.8 Å². The molecule has 0 N–H and O–H groups in total. The summed E-state index contributed by atoms with van der Waals surface area (Å²) in [5.74, 6) is 0.514. The second kappa shape index (κ2) is 10.1. The van der Waals surface area contributed by atoms with Gasteiger partial charge in [-0.15, -0.1) is 0 Å². The fraction of sp³-hybridized carbons (Fsp3) is 0.533. The molecule has 204 valence electrons. The molecule has 38 heavy (non-hydrogen) atoms. The number of ether oxygens (including phenoxy) is 2. The highest BCUT2D eigenvalue weighted by molar-refractivity contribution is 7.86. The van der Waals surface area contributed by atoms with Crippen LogP contribution in [-0.4, -0.2) is 33.1 Å². The molecule has 0 heterocycles. The molecule has 8 heteroatoms. The zero-order chi connectivity index (χ0) is 27.2. The standard InChI is InChI=1S/C30H36O7S/c1-18-5-8-24(9-6-18)38(33,34)35-17-22-15-21-16-23(36-19(2)31)7-10-25(21)26-13-14-30(4)27(29(22)26)11-12-28(30)37-20(3)32/h5-10,16,22,26-29H,11-15,17H2,1-4H3/t22-,26+,27-,28-,29+,30-/m0/s1. The van der Waals surface area contributed by atoms with E-state index in [-0.39, 0.29) is 58.6 Å². The Hall–Kier alpha value is -2.71. The van der Waals surface area contributed by atoms with Crippen molar-refractivity contribution in [1.29, 1.82) is 0 Å².